The van der Waals surface area contributed by atoms with Crippen LogP contribution in [0.15, 0.2) is 24.5 Å². The molecule has 0 unspecified atom stereocenters. The molecule has 0 saturated heterocycles. The molecule has 3 atom stereocenters. The first-order valence-corrected chi connectivity index (χ1v) is 12.7. The van der Waals surface area contributed by atoms with Crippen molar-refractivity contribution in [3.05, 3.63) is 36.2 Å². The fraction of sp³-hybridized carbons (Fsp3) is 0.500. The maximum Gasteiger partial charge on any atom is 0.213 e. The largest absolute Gasteiger partial charge is 0.494 e. The average molecular weight is 505 g/mol. The van der Waals surface area contributed by atoms with Gasteiger partial charge in [-0.25, -0.2) is 23.4 Å². The highest BCUT2D eigenvalue weighted by molar-refractivity contribution is 7.91. The van der Waals surface area contributed by atoms with Crippen molar-refractivity contribution in [2.24, 2.45) is 0 Å². The first kappa shape index (κ1) is 24.8. The third-order valence-electron chi connectivity index (χ3n) is 6.07. The van der Waals surface area contributed by atoms with Gasteiger partial charge in [-0.3, -0.25) is 4.57 Å². The molecule has 4 rings (SSSR count). The first-order chi connectivity index (χ1) is 16.8. The van der Waals surface area contributed by atoms with E-state index in [0.717, 1.165) is 0 Å². The topological polar surface area (TPSA) is 140 Å². The predicted molar refractivity (Wildman–Crippen MR) is 125 cm³/mol. The molecule has 12 nitrogen and oxygen atoms in total. The minimum atomic E-state index is -3.68. The maximum absolute atomic E-state index is 13.5. The highest BCUT2D eigenvalue weighted by Crippen LogP contribution is 2.35. The summed E-state index contributed by atoms with van der Waals surface area (Å²) in [6.45, 7) is 3.93. The molecule has 4 heterocycles. The zero-order valence-corrected chi connectivity index (χ0v) is 21.0. The van der Waals surface area contributed by atoms with Gasteiger partial charge in [0.15, 0.2) is 27.1 Å². The van der Waals surface area contributed by atoms with Crippen molar-refractivity contribution >= 4 is 9.84 Å². The summed E-state index contributed by atoms with van der Waals surface area (Å²) < 4.78 is 50.3. The van der Waals surface area contributed by atoms with E-state index in [1.807, 2.05) is 0 Å². The zero-order chi connectivity index (χ0) is 25.2. The SMILES string of the molecule is COC[C@H]1COc2ccc(OC)nc2-c2nnc(CS(=O)(=O)[C@@H](C)[C@H](C)c3ncc(OC)cn3)n21. The van der Waals surface area contributed by atoms with E-state index in [-0.39, 0.29) is 30.8 Å². The van der Waals surface area contributed by atoms with E-state index in [1.165, 1.54) is 26.6 Å². The molecule has 0 aromatic carbocycles. The van der Waals surface area contributed by atoms with Crippen LogP contribution >= 0.6 is 0 Å². The van der Waals surface area contributed by atoms with Crippen molar-refractivity contribution in [3.8, 4) is 28.9 Å². The van der Waals surface area contributed by atoms with Crippen molar-refractivity contribution in [1.29, 1.82) is 0 Å². The Kier molecular flexibility index (Phi) is 7.17. The standard InChI is InChI=1S/C22H28N6O6S/c1-13(21-23-8-16(32-4)9-24-21)14(2)35(29,30)12-18-26-27-22-20-17(6-7-19(25-20)33-5)34-11-15(10-31-3)28(18)22/h6-9,13-15H,10-12H2,1-5H3/t13-,14-,15-/m0/s1. The molecule has 0 amide bonds. The van der Waals surface area contributed by atoms with Crippen LogP contribution in [0.2, 0.25) is 0 Å². The summed E-state index contributed by atoms with van der Waals surface area (Å²) in [4.78, 5) is 13.0. The Hall–Kier alpha value is -3.32. The molecule has 35 heavy (non-hydrogen) atoms. The molecule has 3 aromatic rings. The number of nitrogens with zero attached hydrogens (tertiary/aromatic N) is 6. The Morgan fingerprint density at radius 3 is 2.51 bits per heavy atom. The van der Waals surface area contributed by atoms with Crippen LogP contribution in [0.25, 0.3) is 11.5 Å². The van der Waals surface area contributed by atoms with E-state index in [0.29, 0.717) is 34.7 Å². The summed E-state index contributed by atoms with van der Waals surface area (Å²) in [6.07, 6.45) is 3.04. The van der Waals surface area contributed by atoms with E-state index in [1.54, 1.807) is 37.7 Å². The lowest BCUT2D eigenvalue weighted by atomic mass is 10.1. The van der Waals surface area contributed by atoms with E-state index >= 15 is 0 Å². The van der Waals surface area contributed by atoms with Crippen LogP contribution in [0.3, 0.4) is 0 Å². The predicted octanol–water partition coefficient (Wildman–Crippen LogP) is 1.83. The molecule has 0 N–H and O–H groups in total. The van der Waals surface area contributed by atoms with Crippen LogP contribution in [0.5, 0.6) is 17.4 Å². The fourth-order valence-corrected chi connectivity index (χ4v) is 5.42. The van der Waals surface area contributed by atoms with E-state index in [4.69, 9.17) is 18.9 Å². The number of pyridine rings is 1. The normalized spacial score (nSPS) is 16.9. The van der Waals surface area contributed by atoms with Crippen LogP contribution in [0, 0.1) is 0 Å². The van der Waals surface area contributed by atoms with Crippen molar-refractivity contribution in [1.82, 2.24) is 29.7 Å². The third-order valence-corrected chi connectivity index (χ3v) is 8.27. The summed E-state index contributed by atoms with van der Waals surface area (Å²) in [5.74, 6) is 1.68. The second-order valence-electron chi connectivity index (χ2n) is 8.21. The molecule has 0 spiro atoms. The van der Waals surface area contributed by atoms with Crippen LogP contribution < -0.4 is 14.2 Å². The molecule has 188 valence electrons. The molecular formula is C22H28N6O6S. The monoisotopic (exact) mass is 504 g/mol. The molecule has 0 radical (unpaired) electrons. The first-order valence-electron chi connectivity index (χ1n) is 11.0. The molecule has 0 saturated carbocycles. The van der Waals surface area contributed by atoms with Crippen LogP contribution in [-0.4, -0.2) is 77.9 Å². The Morgan fingerprint density at radius 1 is 1.11 bits per heavy atom. The van der Waals surface area contributed by atoms with Gasteiger partial charge in [0.1, 0.15) is 29.8 Å². The van der Waals surface area contributed by atoms with Gasteiger partial charge in [0.25, 0.3) is 0 Å². The van der Waals surface area contributed by atoms with Gasteiger partial charge in [0, 0.05) is 19.1 Å². The zero-order valence-electron chi connectivity index (χ0n) is 20.2. The number of ether oxygens (including phenoxy) is 4. The number of hydrogen-bond donors (Lipinski definition) is 0. The van der Waals surface area contributed by atoms with Gasteiger partial charge >= 0.3 is 0 Å². The molecule has 0 bridgehead atoms. The molecule has 0 fully saturated rings. The quantitative estimate of drug-likeness (QED) is 0.421. The molecule has 0 aliphatic carbocycles. The average Bonchev–Trinajstić information content (AvgIpc) is 3.20. The van der Waals surface area contributed by atoms with Crippen LogP contribution in [-0.2, 0) is 20.3 Å². The lowest BCUT2D eigenvalue weighted by Crippen LogP contribution is -2.29. The second kappa shape index (κ2) is 10.1. The van der Waals surface area contributed by atoms with E-state index in [2.05, 4.69) is 25.1 Å². The molecule has 13 heteroatoms. The van der Waals surface area contributed by atoms with Gasteiger partial charge in [-0.1, -0.05) is 6.92 Å². The fourth-order valence-electron chi connectivity index (χ4n) is 3.86. The lowest BCUT2D eigenvalue weighted by Gasteiger charge is -2.21. The summed E-state index contributed by atoms with van der Waals surface area (Å²) >= 11 is 0. The summed E-state index contributed by atoms with van der Waals surface area (Å²) in [5, 5.41) is 7.75. The minimum absolute atomic E-state index is 0.235. The van der Waals surface area contributed by atoms with Crippen LogP contribution in [0.4, 0.5) is 0 Å². The Bertz CT molecular complexity index is 1280. The van der Waals surface area contributed by atoms with Crippen molar-refractivity contribution in [2.45, 2.75) is 36.8 Å². The number of rotatable bonds is 9. The summed E-state index contributed by atoms with van der Waals surface area (Å²) in [7, 11) is 0.914. The summed E-state index contributed by atoms with van der Waals surface area (Å²) in [6, 6.07) is 3.07. The van der Waals surface area contributed by atoms with Gasteiger partial charge < -0.3 is 18.9 Å². The van der Waals surface area contributed by atoms with Gasteiger partial charge in [-0.15, -0.1) is 10.2 Å². The number of hydrogen-bond acceptors (Lipinski definition) is 11. The molecule has 3 aromatic heterocycles. The number of aromatic nitrogens is 6. The highest BCUT2D eigenvalue weighted by atomic mass is 32.2. The van der Waals surface area contributed by atoms with E-state index in [9.17, 15) is 8.42 Å². The lowest BCUT2D eigenvalue weighted by molar-refractivity contribution is 0.124. The maximum atomic E-state index is 13.5. The summed E-state index contributed by atoms with van der Waals surface area (Å²) in [5.41, 5.74) is 0.423. The molecular weight excluding hydrogens is 476 g/mol. The van der Waals surface area contributed by atoms with E-state index < -0.39 is 21.0 Å². The smallest absolute Gasteiger partial charge is 0.213 e. The van der Waals surface area contributed by atoms with Gasteiger partial charge in [-0.2, -0.15) is 0 Å². The van der Waals surface area contributed by atoms with Crippen molar-refractivity contribution in [3.63, 3.8) is 0 Å². The minimum Gasteiger partial charge on any atom is -0.494 e. The van der Waals surface area contributed by atoms with Gasteiger partial charge in [0.2, 0.25) is 5.88 Å². The molecule has 1 aliphatic heterocycles. The number of fused-ring (bicyclic) bond motifs is 3. The molecule has 1 aliphatic rings. The van der Waals surface area contributed by atoms with Crippen molar-refractivity contribution in [2.75, 3.05) is 34.5 Å². The van der Waals surface area contributed by atoms with Gasteiger partial charge in [-0.05, 0) is 13.0 Å². The van der Waals surface area contributed by atoms with Crippen LogP contribution in [0.1, 0.15) is 37.5 Å². The third kappa shape index (κ3) is 4.91. The number of methoxy groups -OCH3 is 3. The Morgan fingerprint density at radius 2 is 1.86 bits per heavy atom. The Balaban J connectivity index is 1.68. The van der Waals surface area contributed by atoms with Gasteiger partial charge in [0.05, 0.1) is 44.5 Å². The second-order valence-corrected chi connectivity index (χ2v) is 10.6. The van der Waals surface area contributed by atoms with Crippen molar-refractivity contribution < 1.29 is 27.4 Å². The number of sulfone groups is 1. The Labute approximate surface area is 203 Å². The highest BCUT2D eigenvalue weighted by Gasteiger charge is 2.35.